The average molecular weight is 234 g/mol. The molecule has 1 N–H and O–H groups in total. The van der Waals surface area contributed by atoms with E-state index >= 15 is 0 Å². The van der Waals surface area contributed by atoms with Gasteiger partial charge < -0.3 is 5.32 Å². The normalized spacial score (nSPS) is 10.3. The van der Waals surface area contributed by atoms with E-state index in [2.05, 4.69) is 15.4 Å². The molecule has 0 aromatic carbocycles. The minimum Gasteiger partial charge on any atom is -0.305 e. The summed E-state index contributed by atoms with van der Waals surface area (Å²) in [4.78, 5) is 15.2. The highest BCUT2D eigenvalue weighted by Gasteiger charge is 2.11. The first kappa shape index (κ1) is 11.3. The van der Waals surface area contributed by atoms with Gasteiger partial charge in [0.2, 0.25) is 5.95 Å². The van der Waals surface area contributed by atoms with Gasteiger partial charge in [-0.15, -0.1) is 0 Å². The number of hydrogen-bond acceptors (Lipinski definition) is 3. The molecule has 2 aromatic rings. The second kappa shape index (κ2) is 4.32. The molecule has 6 heteroatoms. The van der Waals surface area contributed by atoms with Crippen LogP contribution in [0.1, 0.15) is 16.2 Å². The van der Waals surface area contributed by atoms with E-state index < -0.39 is 11.9 Å². The highest BCUT2D eigenvalue weighted by molar-refractivity contribution is 6.02. The van der Waals surface area contributed by atoms with Crippen LogP contribution in [0, 0.1) is 12.9 Å². The molecule has 0 unspecified atom stereocenters. The fraction of sp³-hybridized carbons (Fsp3) is 0.182. The van der Waals surface area contributed by atoms with Gasteiger partial charge in [0.05, 0.1) is 5.69 Å². The predicted octanol–water partition coefficient (Wildman–Crippen LogP) is 1.51. The van der Waals surface area contributed by atoms with Crippen molar-refractivity contribution < 1.29 is 9.18 Å². The number of aromatic nitrogens is 3. The van der Waals surface area contributed by atoms with E-state index in [4.69, 9.17) is 0 Å². The Morgan fingerprint density at radius 1 is 1.47 bits per heavy atom. The monoisotopic (exact) mass is 234 g/mol. The zero-order chi connectivity index (χ0) is 12.4. The predicted molar refractivity (Wildman–Crippen MR) is 60.1 cm³/mol. The van der Waals surface area contributed by atoms with Crippen LogP contribution in [0.3, 0.4) is 0 Å². The highest BCUT2D eigenvalue weighted by Crippen LogP contribution is 2.09. The first-order valence-electron chi connectivity index (χ1n) is 5.01. The van der Waals surface area contributed by atoms with Gasteiger partial charge in [-0.3, -0.25) is 9.48 Å². The molecule has 1 amide bonds. The van der Waals surface area contributed by atoms with E-state index in [0.717, 1.165) is 5.69 Å². The van der Waals surface area contributed by atoms with Crippen LogP contribution in [-0.4, -0.2) is 20.7 Å². The zero-order valence-electron chi connectivity index (χ0n) is 9.44. The number of carbonyl (C=O) groups excluding carboxylic acids is 1. The van der Waals surface area contributed by atoms with Crippen molar-refractivity contribution in [3.05, 3.63) is 41.6 Å². The molecule has 2 heterocycles. The maximum atomic E-state index is 12.8. The molecule has 0 saturated heterocycles. The minimum atomic E-state index is -0.682. The average Bonchev–Trinajstić information content (AvgIpc) is 2.57. The molecule has 17 heavy (non-hydrogen) atoms. The maximum Gasteiger partial charge on any atom is 0.275 e. The lowest BCUT2D eigenvalue weighted by atomic mass is 10.3. The third-order valence-corrected chi connectivity index (χ3v) is 2.19. The third kappa shape index (κ3) is 2.47. The topological polar surface area (TPSA) is 59.8 Å². The largest absolute Gasteiger partial charge is 0.305 e. The van der Waals surface area contributed by atoms with Gasteiger partial charge >= 0.3 is 0 Å². The molecule has 2 rings (SSSR count). The van der Waals surface area contributed by atoms with Crippen LogP contribution in [0.5, 0.6) is 0 Å². The van der Waals surface area contributed by atoms with E-state index in [0.29, 0.717) is 5.82 Å². The Morgan fingerprint density at radius 3 is 2.82 bits per heavy atom. The zero-order valence-corrected chi connectivity index (χ0v) is 9.44. The molecular weight excluding hydrogens is 223 g/mol. The highest BCUT2D eigenvalue weighted by atomic mass is 19.1. The van der Waals surface area contributed by atoms with Gasteiger partial charge in [-0.25, -0.2) is 4.98 Å². The van der Waals surface area contributed by atoms with Crippen LogP contribution < -0.4 is 5.32 Å². The van der Waals surface area contributed by atoms with Crippen LogP contribution in [0.15, 0.2) is 24.3 Å². The molecule has 0 aliphatic rings. The molecule has 0 saturated carbocycles. The van der Waals surface area contributed by atoms with Crippen molar-refractivity contribution in [3.8, 4) is 0 Å². The maximum absolute atomic E-state index is 12.8. The fourth-order valence-electron chi connectivity index (χ4n) is 1.44. The Hall–Kier alpha value is -2.24. The minimum absolute atomic E-state index is 0.0313. The summed E-state index contributed by atoms with van der Waals surface area (Å²) in [6.07, 6.45) is 0. The summed E-state index contributed by atoms with van der Waals surface area (Å²) in [5.74, 6) is -0.607. The molecule has 0 bridgehead atoms. The first-order chi connectivity index (χ1) is 8.06. The number of rotatable bonds is 2. The van der Waals surface area contributed by atoms with Gasteiger partial charge in [-0.2, -0.15) is 9.49 Å². The Balaban J connectivity index is 2.20. The van der Waals surface area contributed by atoms with Crippen LogP contribution in [0.25, 0.3) is 0 Å². The van der Waals surface area contributed by atoms with Crippen molar-refractivity contribution in [2.45, 2.75) is 6.92 Å². The summed E-state index contributed by atoms with van der Waals surface area (Å²) in [6.45, 7) is 1.82. The number of aryl methyl sites for hydroxylation is 2. The van der Waals surface area contributed by atoms with Crippen molar-refractivity contribution in [2.24, 2.45) is 7.05 Å². The molecule has 0 aliphatic heterocycles. The first-order valence-corrected chi connectivity index (χ1v) is 5.01. The van der Waals surface area contributed by atoms with Gasteiger partial charge in [0, 0.05) is 13.1 Å². The van der Waals surface area contributed by atoms with Gasteiger partial charge in [0.25, 0.3) is 5.91 Å². The number of amides is 1. The van der Waals surface area contributed by atoms with E-state index in [1.54, 1.807) is 13.1 Å². The number of anilines is 1. The summed E-state index contributed by atoms with van der Waals surface area (Å²) in [7, 11) is 1.71. The van der Waals surface area contributed by atoms with Crippen molar-refractivity contribution >= 4 is 11.7 Å². The SMILES string of the molecule is Cc1cc(NC(=O)c2cccc(F)n2)n(C)n1. The van der Waals surface area contributed by atoms with Crippen LogP contribution in [0.2, 0.25) is 0 Å². The summed E-state index contributed by atoms with van der Waals surface area (Å²) >= 11 is 0. The lowest BCUT2D eigenvalue weighted by Crippen LogP contribution is -2.16. The quantitative estimate of drug-likeness (QED) is 0.801. The van der Waals surface area contributed by atoms with Crippen LogP contribution in [-0.2, 0) is 7.05 Å². The van der Waals surface area contributed by atoms with Crippen molar-refractivity contribution in [1.29, 1.82) is 0 Å². The molecule has 0 atom stereocenters. The summed E-state index contributed by atoms with van der Waals surface area (Å²) in [5.41, 5.74) is 0.818. The van der Waals surface area contributed by atoms with Gasteiger partial charge in [-0.1, -0.05) is 6.07 Å². The smallest absolute Gasteiger partial charge is 0.275 e. The number of pyridine rings is 1. The van der Waals surface area contributed by atoms with Crippen LogP contribution in [0.4, 0.5) is 10.2 Å². The third-order valence-electron chi connectivity index (χ3n) is 2.19. The summed E-state index contributed by atoms with van der Waals surface area (Å²) in [6, 6.07) is 5.79. The molecule has 0 fully saturated rings. The van der Waals surface area contributed by atoms with Crippen molar-refractivity contribution in [1.82, 2.24) is 14.8 Å². The molecule has 0 radical (unpaired) electrons. The van der Waals surface area contributed by atoms with Crippen molar-refractivity contribution in [2.75, 3.05) is 5.32 Å². The van der Waals surface area contributed by atoms with Gasteiger partial charge in [0.15, 0.2) is 0 Å². The lowest BCUT2D eigenvalue weighted by Gasteiger charge is -2.04. The fourth-order valence-corrected chi connectivity index (χ4v) is 1.44. The number of nitrogens with zero attached hydrogens (tertiary/aromatic N) is 3. The van der Waals surface area contributed by atoms with Crippen molar-refractivity contribution in [3.63, 3.8) is 0 Å². The van der Waals surface area contributed by atoms with Gasteiger partial charge in [-0.05, 0) is 19.1 Å². The number of nitrogens with one attached hydrogen (secondary N) is 1. The van der Waals surface area contributed by atoms with E-state index in [9.17, 15) is 9.18 Å². The number of carbonyl (C=O) groups is 1. The van der Waals surface area contributed by atoms with Gasteiger partial charge in [0.1, 0.15) is 11.5 Å². The van der Waals surface area contributed by atoms with E-state index in [-0.39, 0.29) is 5.69 Å². The summed E-state index contributed by atoms with van der Waals surface area (Å²) < 4.78 is 14.4. The second-order valence-corrected chi connectivity index (χ2v) is 3.59. The Kier molecular flexibility index (Phi) is 2.86. The Bertz CT molecular complexity index is 564. The van der Waals surface area contributed by atoms with Crippen LogP contribution >= 0.6 is 0 Å². The lowest BCUT2D eigenvalue weighted by molar-refractivity contribution is 0.102. The molecule has 5 nitrogen and oxygen atoms in total. The molecule has 0 spiro atoms. The molecule has 0 aliphatic carbocycles. The summed E-state index contributed by atoms with van der Waals surface area (Å²) in [5, 5.41) is 6.69. The molecule has 2 aromatic heterocycles. The van der Waals surface area contributed by atoms with E-state index in [1.165, 1.54) is 22.9 Å². The van der Waals surface area contributed by atoms with E-state index in [1.807, 2.05) is 6.92 Å². The Labute approximate surface area is 97.3 Å². The Morgan fingerprint density at radius 2 is 2.24 bits per heavy atom. The molecule has 88 valence electrons. The number of halogens is 1. The standard InChI is InChI=1S/C11H11FN4O/c1-7-6-10(16(2)15-7)14-11(17)8-4-3-5-9(12)13-8/h3-6H,1-2H3,(H,14,17). The second-order valence-electron chi connectivity index (χ2n) is 3.59. The molecular formula is C11H11FN4O. The number of hydrogen-bond donors (Lipinski definition) is 1.